The van der Waals surface area contributed by atoms with Crippen molar-refractivity contribution in [1.82, 2.24) is 0 Å². The van der Waals surface area contributed by atoms with Gasteiger partial charge in [-0.25, -0.2) is 4.90 Å². The van der Waals surface area contributed by atoms with Crippen LogP contribution in [0.2, 0.25) is 0 Å². The van der Waals surface area contributed by atoms with Crippen molar-refractivity contribution in [2.24, 2.45) is 5.92 Å². The lowest BCUT2D eigenvalue weighted by molar-refractivity contribution is -0.122. The van der Waals surface area contributed by atoms with Crippen LogP contribution < -0.4 is 4.90 Å². The number of anilines is 1. The minimum Gasteiger partial charge on any atom is -0.276 e. The number of imide groups is 1. The molecular formula is C15H12ClNO3. The summed E-state index contributed by atoms with van der Waals surface area (Å²) in [6.45, 7) is 0. The van der Waals surface area contributed by atoms with E-state index >= 15 is 0 Å². The largest absolute Gasteiger partial charge is 0.276 e. The molecule has 1 saturated heterocycles. The first kappa shape index (κ1) is 13.1. The third kappa shape index (κ3) is 1.88. The van der Waals surface area contributed by atoms with E-state index in [4.69, 9.17) is 11.6 Å². The Morgan fingerprint density at radius 2 is 2.00 bits per heavy atom. The lowest BCUT2D eigenvalue weighted by atomic mass is 9.90. The van der Waals surface area contributed by atoms with Crippen molar-refractivity contribution in [3.63, 3.8) is 0 Å². The van der Waals surface area contributed by atoms with Gasteiger partial charge >= 0.3 is 0 Å². The molecule has 0 radical (unpaired) electrons. The highest BCUT2D eigenvalue weighted by Gasteiger charge is 2.45. The molecule has 0 spiro atoms. The first-order valence-corrected chi connectivity index (χ1v) is 6.86. The van der Waals surface area contributed by atoms with Gasteiger partial charge in [0.25, 0.3) is 11.1 Å². The second kappa shape index (κ2) is 4.87. The van der Waals surface area contributed by atoms with Crippen molar-refractivity contribution in [2.45, 2.75) is 19.3 Å². The fourth-order valence-corrected chi connectivity index (χ4v) is 2.98. The highest BCUT2D eigenvalue weighted by molar-refractivity contribution is 6.68. The van der Waals surface area contributed by atoms with E-state index in [0.29, 0.717) is 12.0 Å². The van der Waals surface area contributed by atoms with Gasteiger partial charge in [-0.3, -0.25) is 14.4 Å². The number of fused-ring (bicyclic) bond motifs is 1. The van der Waals surface area contributed by atoms with Crippen LogP contribution in [-0.4, -0.2) is 17.1 Å². The molecule has 1 unspecified atom stereocenters. The highest BCUT2D eigenvalue weighted by atomic mass is 35.5. The zero-order valence-corrected chi connectivity index (χ0v) is 11.4. The minimum atomic E-state index is -0.676. The Morgan fingerprint density at radius 3 is 2.70 bits per heavy atom. The number of carbonyl (C=O) groups is 3. The maximum absolute atomic E-state index is 12.4. The summed E-state index contributed by atoms with van der Waals surface area (Å²) in [6.07, 6.45) is 4.23. The van der Waals surface area contributed by atoms with E-state index in [0.717, 1.165) is 17.7 Å². The van der Waals surface area contributed by atoms with Crippen LogP contribution in [0.25, 0.3) is 0 Å². The molecule has 0 saturated carbocycles. The van der Waals surface area contributed by atoms with Gasteiger partial charge in [0.2, 0.25) is 5.91 Å². The van der Waals surface area contributed by atoms with Crippen LogP contribution in [0.3, 0.4) is 0 Å². The summed E-state index contributed by atoms with van der Waals surface area (Å²) in [5.41, 5.74) is 1.01. The standard InChI is InChI=1S/C15H12ClNO3/c16-13(18)11-7-3-4-8-12(11)17-14(19)9-5-1-2-6-10(9)15(17)20/h3-5,7-8,10H,1-2,6H2. The summed E-state index contributed by atoms with van der Waals surface area (Å²) >= 11 is 5.53. The Kier molecular flexibility index (Phi) is 3.18. The van der Waals surface area contributed by atoms with Crippen molar-refractivity contribution in [3.05, 3.63) is 41.5 Å². The predicted molar refractivity (Wildman–Crippen MR) is 74.5 cm³/mol. The predicted octanol–water partition coefficient (Wildman–Crippen LogP) is 2.67. The number of benzene rings is 1. The van der Waals surface area contributed by atoms with Crippen LogP contribution in [0.5, 0.6) is 0 Å². The van der Waals surface area contributed by atoms with Gasteiger partial charge in [-0.1, -0.05) is 18.2 Å². The molecule has 20 heavy (non-hydrogen) atoms. The van der Waals surface area contributed by atoms with E-state index in [2.05, 4.69) is 0 Å². The van der Waals surface area contributed by atoms with Crippen LogP contribution in [0, 0.1) is 5.92 Å². The molecule has 3 rings (SSSR count). The number of amides is 2. The smallest absolute Gasteiger partial charge is 0.261 e. The van der Waals surface area contributed by atoms with Crippen LogP contribution in [-0.2, 0) is 9.59 Å². The Labute approximate surface area is 121 Å². The van der Waals surface area contributed by atoms with Crippen LogP contribution in [0.1, 0.15) is 29.6 Å². The van der Waals surface area contributed by atoms with Gasteiger partial charge in [0, 0.05) is 5.57 Å². The van der Waals surface area contributed by atoms with Crippen molar-refractivity contribution in [3.8, 4) is 0 Å². The van der Waals surface area contributed by atoms with Crippen molar-refractivity contribution >= 4 is 34.3 Å². The van der Waals surface area contributed by atoms with E-state index < -0.39 is 5.24 Å². The van der Waals surface area contributed by atoms with Gasteiger partial charge in [0.15, 0.2) is 0 Å². The molecule has 0 aromatic heterocycles. The second-order valence-corrected chi connectivity index (χ2v) is 5.26. The van der Waals surface area contributed by atoms with Gasteiger partial charge < -0.3 is 0 Å². The molecule has 0 bridgehead atoms. The molecule has 1 aromatic carbocycles. The Morgan fingerprint density at radius 1 is 1.25 bits per heavy atom. The third-order valence-corrected chi connectivity index (χ3v) is 3.97. The van der Waals surface area contributed by atoms with E-state index in [1.807, 2.05) is 6.08 Å². The Hall–Kier alpha value is -1.94. The number of hydrogen-bond donors (Lipinski definition) is 0. The average Bonchev–Trinajstić information content (AvgIpc) is 2.71. The van der Waals surface area contributed by atoms with E-state index in [9.17, 15) is 14.4 Å². The van der Waals surface area contributed by atoms with Crippen molar-refractivity contribution in [1.29, 1.82) is 0 Å². The molecule has 1 aromatic rings. The number of para-hydroxylation sites is 1. The topological polar surface area (TPSA) is 54.5 Å². The summed E-state index contributed by atoms with van der Waals surface area (Å²) in [5, 5.41) is -0.676. The highest BCUT2D eigenvalue weighted by Crippen LogP contribution is 2.37. The lowest BCUT2D eigenvalue weighted by Gasteiger charge is -2.16. The Balaban J connectivity index is 2.10. The monoisotopic (exact) mass is 289 g/mol. The molecule has 102 valence electrons. The van der Waals surface area contributed by atoms with Gasteiger partial charge in [0.1, 0.15) is 0 Å². The summed E-state index contributed by atoms with van der Waals surface area (Å²) in [5.74, 6) is -0.953. The zero-order valence-electron chi connectivity index (χ0n) is 10.6. The number of hydrogen-bond acceptors (Lipinski definition) is 3. The summed E-state index contributed by atoms with van der Waals surface area (Å²) in [6, 6.07) is 6.41. The number of nitrogens with zero attached hydrogens (tertiary/aromatic N) is 1. The molecule has 1 fully saturated rings. The summed E-state index contributed by atoms with van der Waals surface area (Å²) < 4.78 is 0. The number of halogens is 1. The van der Waals surface area contributed by atoms with Crippen LogP contribution in [0.4, 0.5) is 5.69 Å². The molecule has 5 heteroatoms. The van der Waals surface area contributed by atoms with E-state index in [-0.39, 0.29) is 29.0 Å². The maximum atomic E-state index is 12.4. The molecular weight excluding hydrogens is 278 g/mol. The molecule has 0 N–H and O–H groups in total. The van der Waals surface area contributed by atoms with Crippen LogP contribution in [0.15, 0.2) is 35.9 Å². The third-order valence-electron chi connectivity index (χ3n) is 3.76. The molecule has 1 aliphatic heterocycles. The average molecular weight is 290 g/mol. The number of allylic oxidation sites excluding steroid dienone is 1. The van der Waals surface area contributed by atoms with Crippen molar-refractivity contribution in [2.75, 3.05) is 4.90 Å². The van der Waals surface area contributed by atoms with Crippen LogP contribution >= 0.6 is 11.6 Å². The SMILES string of the molecule is O=C(Cl)c1ccccc1N1C(=O)C2=CCCCC2C1=O. The quantitative estimate of drug-likeness (QED) is 0.621. The summed E-state index contributed by atoms with van der Waals surface area (Å²) in [4.78, 5) is 37.4. The second-order valence-electron chi connectivity index (χ2n) is 4.91. The minimum absolute atomic E-state index is 0.176. The molecule has 2 amide bonds. The van der Waals surface area contributed by atoms with Gasteiger partial charge in [0.05, 0.1) is 17.2 Å². The molecule has 4 nitrogen and oxygen atoms in total. The van der Waals surface area contributed by atoms with Crippen molar-refractivity contribution < 1.29 is 14.4 Å². The van der Waals surface area contributed by atoms with E-state index in [1.165, 1.54) is 6.07 Å². The molecule has 1 atom stereocenters. The van der Waals surface area contributed by atoms with E-state index in [1.54, 1.807) is 18.2 Å². The lowest BCUT2D eigenvalue weighted by Crippen LogP contribution is -2.31. The van der Waals surface area contributed by atoms with Gasteiger partial charge in [-0.05, 0) is 43.0 Å². The zero-order chi connectivity index (χ0) is 14.3. The normalized spacial score (nSPS) is 21.8. The molecule has 1 heterocycles. The first-order chi connectivity index (χ1) is 9.61. The number of rotatable bonds is 2. The fraction of sp³-hybridized carbons (Fsp3) is 0.267. The summed E-state index contributed by atoms with van der Waals surface area (Å²) in [7, 11) is 0. The maximum Gasteiger partial charge on any atom is 0.261 e. The number of carbonyl (C=O) groups excluding carboxylic acids is 3. The molecule has 2 aliphatic rings. The van der Waals surface area contributed by atoms with Gasteiger partial charge in [-0.15, -0.1) is 0 Å². The fourth-order valence-electron chi connectivity index (χ4n) is 2.82. The van der Waals surface area contributed by atoms with Gasteiger partial charge in [-0.2, -0.15) is 0 Å². The first-order valence-electron chi connectivity index (χ1n) is 6.48. The Bertz CT molecular complexity index is 650. The molecule has 1 aliphatic carbocycles.